The normalized spacial score (nSPS) is 18.5. The van der Waals surface area contributed by atoms with Crippen LogP contribution in [0.25, 0.3) is 0 Å². The Morgan fingerprint density at radius 1 is 1.27 bits per heavy atom. The molecule has 0 aliphatic carbocycles. The van der Waals surface area contributed by atoms with E-state index in [9.17, 15) is 13.2 Å². The minimum absolute atomic E-state index is 0.0200. The first kappa shape index (κ1) is 18.3. The van der Waals surface area contributed by atoms with E-state index >= 15 is 0 Å². The summed E-state index contributed by atoms with van der Waals surface area (Å²) in [5.41, 5.74) is 2.22. The summed E-state index contributed by atoms with van der Waals surface area (Å²) in [5, 5.41) is 3.08. The highest BCUT2D eigenvalue weighted by molar-refractivity contribution is 7.91. The van der Waals surface area contributed by atoms with E-state index < -0.39 is 9.84 Å². The van der Waals surface area contributed by atoms with E-state index in [0.29, 0.717) is 18.9 Å². The third-order valence-electron chi connectivity index (χ3n) is 4.43. The molecular weight excluding hydrogens is 352 g/mol. The molecule has 7 nitrogen and oxygen atoms in total. The van der Waals surface area contributed by atoms with E-state index in [-0.39, 0.29) is 29.1 Å². The highest BCUT2D eigenvalue weighted by Gasteiger charge is 2.34. The molecule has 1 atom stereocenters. The van der Waals surface area contributed by atoms with Crippen LogP contribution in [0, 0.1) is 6.92 Å². The zero-order valence-electron chi connectivity index (χ0n) is 14.8. The lowest BCUT2D eigenvalue weighted by Gasteiger charge is -2.26. The van der Waals surface area contributed by atoms with E-state index in [1.54, 1.807) is 11.0 Å². The number of amides is 1. The van der Waals surface area contributed by atoms with Crippen molar-refractivity contribution >= 4 is 27.4 Å². The number of carbonyl (C=O) groups is 1. The number of rotatable bonds is 5. The number of anilines is 2. The van der Waals surface area contributed by atoms with Crippen molar-refractivity contribution in [2.75, 3.05) is 23.4 Å². The quantitative estimate of drug-likeness (QED) is 0.862. The van der Waals surface area contributed by atoms with Crippen LogP contribution >= 0.6 is 0 Å². The topological polar surface area (TPSA) is 92.3 Å². The summed E-state index contributed by atoms with van der Waals surface area (Å²) in [6, 6.07) is 9.02. The second-order valence-electron chi connectivity index (χ2n) is 6.40. The minimum atomic E-state index is -3.06. The van der Waals surface area contributed by atoms with Gasteiger partial charge in [-0.2, -0.15) is 0 Å². The number of nitrogens with zero attached hydrogens (tertiary/aromatic N) is 3. The number of benzene rings is 1. The van der Waals surface area contributed by atoms with Crippen molar-refractivity contribution in [2.24, 2.45) is 0 Å². The fourth-order valence-electron chi connectivity index (χ4n) is 3.04. The molecular formula is C18H22N4O3S. The van der Waals surface area contributed by atoms with Crippen LogP contribution in [0.2, 0.25) is 0 Å². The molecule has 1 aliphatic heterocycles. The monoisotopic (exact) mass is 374 g/mol. The average molecular weight is 374 g/mol. The van der Waals surface area contributed by atoms with Gasteiger partial charge in [0.1, 0.15) is 5.69 Å². The van der Waals surface area contributed by atoms with Gasteiger partial charge in [-0.05, 0) is 38.5 Å². The maximum atomic E-state index is 12.8. The second kappa shape index (κ2) is 7.41. The fraction of sp³-hybridized carbons (Fsp3) is 0.389. The van der Waals surface area contributed by atoms with Crippen molar-refractivity contribution in [1.82, 2.24) is 14.9 Å². The Morgan fingerprint density at radius 2 is 2.00 bits per heavy atom. The van der Waals surface area contributed by atoms with Gasteiger partial charge in [0.2, 0.25) is 5.95 Å². The largest absolute Gasteiger partial charge is 0.334 e. The van der Waals surface area contributed by atoms with E-state index in [1.807, 2.05) is 38.1 Å². The molecule has 0 spiro atoms. The van der Waals surface area contributed by atoms with E-state index in [2.05, 4.69) is 15.3 Å². The first-order chi connectivity index (χ1) is 12.4. The Labute approximate surface area is 153 Å². The Morgan fingerprint density at radius 3 is 2.62 bits per heavy atom. The summed E-state index contributed by atoms with van der Waals surface area (Å²) >= 11 is 0. The summed E-state index contributed by atoms with van der Waals surface area (Å²) in [7, 11) is -3.06. The van der Waals surface area contributed by atoms with Crippen LogP contribution < -0.4 is 5.32 Å². The van der Waals surface area contributed by atoms with Crippen LogP contribution in [-0.2, 0) is 9.84 Å². The molecule has 138 valence electrons. The predicted molar refractivity (Wildman–Crippen MR) is 100 cm³/mol. The highest BCUT2D eigenvalue weighted by atomic mass is 32.2. The van der Waals surface area contributed by atoms with Crippen LogP contribution in [0.4, 0.5) is 11.6 Å². The molecule has 2 heterocycles. The van der Waals surface area contributed by atoms with Crippen LogP contribution in [-0.4, -0.2) is 53.3 Å². The van der Waals surface area contributed by atoms with Crippen molar-refractivity contribution < 1.29 is 13.2 Å². The Balaban J connectivity index is 1.77. The van der Waals surface area contributed by atoms with Gasteiger partial charge in [-0.1, -0.05) is 17.7 Å². The lowest BCUT2D eigenvalue weighted by atomic mass is 10.2. The van der Waals surface area contributed by atoms with Gasteiger partial charge in [-0.3, -0.25) is 4.79 Å². The third-order valence-corrected chi connectivity index (χ3v) is 6.18. The molecule has 1 aromatic heterocycles. The van der Waals surface area contributed by atoms with Gasteiger partial charge in [0, 0.05) is 24.5 Å². The van der Waals surface area contributed by atoms with Gasteiger partial charge in [0.05, 0.1) is 11.5 Å². The summed E-state index contributed by atoms with van der Waals surface area (Å²) in [6.07, 6.45) is 2.00. The average Bonchev–Trinajstić information content (AvgIpc) is 2.97. The van der Waals surface area contributed by atoms with Crippen molar-refractivity contribution in [3.63, 3.8) is 0 Å². The fourth-order valence-corrected chi connectivity index (χ4v) is 4.77. The Bertz CT molecular complexity index is 897. The number of hydrogen-bond donors (Lipinski definition) is 1. The van der Waals surface area contributed by atoms with E-state index in [0.717, 1.165) is 11.3 Å². The second-order valence-corrected chi connectivity index (χ2v) is 8.63. The van der Waals surface area contributed by atoms with E-state index in [4.69, 9.17) is 0 Å². The smallest absolute Gasteiger partial charge is 0.272 e. The number of aromatic nitrogens is 2. The van der Waals surface area contributed by atoms with Crippen molar-refractivity contribution in [3.05, 3.63) is 47.8 Å². The molecule has 1 amide bonds. The molecule has 1 aliphatic rings. The highest BCUT2D eigenvalue weighted by Crippen LogP contribution is 2.20. The third kappa shape index (κ3) is 4.19. The summed E-state index contributed by atoms with van der Waals surface area (Å²) in [5.74, 6) is 0.205. The van der Waals surface area contributed by atoms with E-state index in [1.165, 1.54) is 6.20 Å². The molecule has 0 saturated carbocycles. The standard InChI is InChI=1S/C18H22N4O3S/c1-3-22(15-9-11-26(24,25)12-15)17(23)16-8-10-19-18(21-16)20-14-6-4-13(2)5-7-14/h4-8,10,15H,3,9,11-12H2,1-2H3,(H,19,20,21). The molecule has 1 N–H and O–H groups in total. The van der Waals surface area contributed by atoms with Gasteiger partial charge in [0.25, 0.3) is 5.91 Å². The van der Waals surface area contributed by atoms with Gasteiger partial charge in [-0.15, -0.1) is 0 Å². The summed E-state index contributed by atoms with van der Waals surface area (Å²) in [4.78, 5) is 22.9. The van der Waals surface area contributed by atoms with Crippen molar-refractivity contribution in [3.8, 4) is 0 Å². The number of nitrogens with one attached hydrogen (secondary N) is 1. The Kier molecular flexibility index (Phi) is 5.22. The summed E-state index contributed by atoms with van der Waals surface area (Å²) in [6.45, 7) is 4.28. The van der Waals surface area contributed by atoms with Crippen molar-refractivity contribution in [1.29, 1.82) is 0 Å². The zero-order valence-corrected chi connectivity index (χ0v) is 15.7. The number of carbonyl (C=O) groups excluding carboxylic acids is 1. The van der Waals surface area contributed by atoms with Gasteiger partial charge in [0.15, 0.2) is 9.84 Å². The molecule has 0 radical (unpaired) electrons. The maximum absolute atomic E-state index is 12.8. The number of aryl methyl sites for hydroxylation is 1. The molecule has 1 aromatic carbocycles. The van der Waals surface area contributed by atoms with Crippen molar-refractivity contribution in [2.45, 2.75) is 26.3 Å². The molecule has 8 heteroatoms. The van der Waals surface area contributed by atoms with Gasteiger partial charge >= 0.3 is 0 Å². The molecule has 1 unspecified atom stereocenters. The molecule has 1 fully saturated rings. The lowest BCUT2D eigenvalue weighted by Crippen LogP contribution is -2.41. The first-order valence-electron chi connectivity index (χ1n) is 8.56. The molecule has 26 heavy (non-hydrogen) atoms. The van der Waals surface area contributed by atoms with Gasteiger partial charge < -0.3 is 10.2 Å². The van der Waals surface area contributed by atoms with Crippen LogP contribution in [0.1, 0.15) is 29.4 Å². The zero-order chi connectivity index (χ0) is 18.7. The van der Waals surface area contributed by atoms with Gasteiger partial charge in [-0.25, -0.2) is 18.4 Å². The van der Waals surface area contributed by atoms with Crippen LogP contribution in [0.15, 0.2) is 36.5 Å². The SMILES string of the molecule is CCN(C(=O)c1ccnc(Nc2ccc(C)cc2)n1)C1CCS(=O)(=O)C1. The molecule has 3 rings (SSSR count). The molecule has 1 saturated heterocycles. The van der Waals surface area contributed by atoms with Crippen LogP contribution in [0.3, 0.4) is 0 Å². The lowest BCUT2D eigenvalue weighted by molar-refractivity contribution is 0.0702. The van der Waals surface area contributed by atoms with Crippen LogP contribution in [0.5, 0.6) is 0 Å². The first-order valence-corrected chi connectivity index (χ1v) is 10.4. The molecule has 2 aromatic rings. The minimum Gasteiger partial charge on any atom is -0.334 e. The Hall–Kier alpha value is -2.48. The maximum Gasteiger partial charge on any atom is 0.272 e. The number of hydrogen-bond acceptors (Lipinski definition) is 6. The number of sulfone groups is 1. The molecule has 0 bridgehead atoms. The predicted octanol–water partition coefficient (Wildman–Crippen LogP) is 2.18. The summed E-state index contributed by atoms with van der Waals surface area (Å²) < 4.78 is 23.5.